The topological polar surface area (TPSA) is 362 Å². The van der Waals surface area contributed by atoms with Crippen molar-refractivity contribution in [1.29, 1.82) is 0 Å². The molecule has 27 heavy (non-hydrogen) atoms. The molecule has 0 aliphatic carbocycles. The maximum atomic E-state index is 8.44. The Morgan fingerprint density at radius 2 is 0.333 bits per heavy atom. The molecule has 0 unspecified atom stereocenters. The molecule has 0 amide bonds. The van der Waals surface area contributed by atoms with Gasteiger partial charge in [-0.1, -0.05) is 0 Å². The third-order valence-electron chi connectivity index (χ3n) is 0. The maximum Gasteiger partial charge on any atom is 2.00 e. The number of rotatable bonds is 0. The minimum atomic E-state index is -2.08. The van der Waals surface area contributed by atoms with Crippen molar-refractivity contribution in [3.63, 3.8) is 0 Å². The summed E-state index contributed by atoms with van der Waals surface area (Å²) in [6, 6.07) is 0. The zero-order chi connectivity index (χ0) is 21.5. The van der Waals surface area contributed by atoms with E-state index >= 15 is 0 Å². The van der Waals surface area contributed by atoms with Crippen LogP contribution in [0.3, 0.4) is 0 Å². The van der Waals surface area contributed by atoms with Gasteiger partial charge in [-0.05, 0) is 0 Å². The maximum absolute atomic E-state index is 8.44. The van der Waals surface area contributed by atoms with Gasteiger partial charge in [-0.2, -0.15) is 0 Å². The number of carboxylic acid groups (broad SMARTS) is 12. The Balaban J connectivity index is -0.0000000201. The van der Waals surface area contributed by atoms with Gasteiger partial charge in [-0.15, -0.1) is 0 Å². The Hall–Kier alpha value is -0.601. The summed E-state index contributed by atoms with van der Waals surface area (Å²) in [4.78, 5) is 50.7. The Labute approximate surface area is 236 Å². The van der Waals surface area contributed by atoms with Crippen molar-refractivity contribution in [3.05, 3.63) is 0 Å². The van der Waals surface area contributed by atoms with E-state index in [2.05, 4.69) is 0 Å². The molecule has 0 saturated carbocycles. The van der Waals surface area contributed by atoms with Crippen LogP contribution in [0, 0.1) is 0 Å². The molecule has 0 aromatic carbocycles. The van der Waals surface area contributed by atoms with E-state index in [0.29, 0.717) is 0 Å². The molecule has 0 atom stereocenters. The van der Waals surface area contributed by atoms with Gasteiger partial charge < -0.3 is 90.0 Å². The molecule has 0 heterocycles. The van der Waals surface area contributed by atoms with Crippen molar-refractivity contribution in [2.45, 2.75) is 0 Å². The van der Waals surface area contributed by atoms with E-state index in [-0.39, 0.29) is 113 Å². The molecule has 0 bridgehead atoms. The zero-order valence-corrected chi connectivity index (χ0v) is 19.3. The van der Waals surface area contributed by atoms with Crippen LogP contribution < -0.4 is 30.6 Å². The number of hydrogen-bond donors (Lipinski definition) is 6. The number of carbonyl (C=O) groups is 6. The summed E-state index contributed by atoms with van der Waals surface area (Å²) in [7, 11) is 0. The molecular weight excluding hydrogens is 480 g/mol. The first-order valence-corrected chi connectivity index (χ1v) is 3.79. The van der Waals surface area contributed by atoms with Gasteiger partial charge in [0.1, 0.15) is 0 Å². The van der Waals surface area contributed by atoms with Crippen LogP contribution in [-0.4, -0.2) is 181 Å². The Morgan fingerprint density at radius 3 is 0.333 bits per heavy atom. The minimum absolute atomic E-state index is 0. The largest absolute Gasteiger partial charge is 2.00 e. The molecule has 0 rings (SSSR count). The molecule has 0 aliphatic rings. The summed E-state index contributed by atoms with van der Waals surface area (Å²) in [5.74, 6) is 0. The molecule has 0 saturated heterocycles. The first kappa shape index (κ1) is 56.3. The van der Waals surface area contributed by atoms with Crippen LogP contribution in [-0.2, 0) is 0 Å². The Kier molecular flexibility index (Phi) is 104. The summed E-state index contributed by atoms with van der Waals surface area (Å²) in [6.07, 6.45) is -12.5. The zero-order valence-electron chi connectivity index (χ0n) is 12.7. The second-order valence-corrected chi connectivity index (χ2v) is 1.60. The van der Waals surface area contributed by atoms with E-state index in [0.717, 1.165) is 0 Å². The van der Waals surface area contributed by atoms with Crippen LogP contribution >= 0.6 is 0 Å². The van der Waals surface area contributed by atoms with Crippen molar-refractivity contribution in [2.24, 2.45) is 0 Å². The van der Waals surface area contributed by atoms with Crippen molar-refractivity contribution >= 4 is 150 Å². The summed E-state index contributed by atoms with van der Waals surface area (Å²) in [6.45, 7) is 0. The van der Waals surface area contributed by atoms with Crippen molar-refractivity contribution < 1.29 is 90.0 Å². The van der Waals surface area contributed by atoms with E-state index in [4.69, 9.17) is 90.0 Å². The predicted octanol–water partition coefficient (Wildman–Crippen LogP) is -7.82. The molecule has 6 N–H and O–H groups in total. The fourth-order valence-corrected chi connectivity index (χ4v) is 0. The van der Waals surface area contributed by atoms with Crippen LogP contribution in [0.15, 0.2) is 0 Å². The molecule has 144 valence electrons. The van der Waals surface area contributed by atoms with Gasteiger partial charge in [0.05, 0.1) is 0 Å². The van der Waals surface area contributed by atoms with Crippen molar-refractivity contribution in [1.82, 2.24) is 0 Å². The van der Waals surface area contributed by atoms with Crippen LogP contribution in [0.2, 0.25) is 0 Å². The molecule has 18 nitrogen and oxygen atoms in total. The Morgan fingerprint density at radius 1 is 0.333 bits per heavy atom. The van der Waals surface area contributed by atoms with E-state index < -0.39 is 36.9 Å². The molecule has 0 aliphatic heterocycles. The minimum Gasteiger partial charge on any atom is -0.565 e. The second-order valence-electron chi connectivity index (χ2n) is 1.60. The summed E-state index contributed by atoms with van der Waals surface area (Å²) in [5.41, 5.74) is 0. The van der Waals surface area contributed by atoms with Crippen molar-refractivity contribution in [2.75, 3.05) is 0 Å². The molecule has 0 aromatic heterocycles. The average Bonchev–Trinajstić information content (AvgIpc) is 2.08. The van der Waals surface area contributed by atoms with Crippen LogP contribution in [0.1, 0.15) is 0 Å². The van der Waals surface area contributed by atoms with E-state index in [9.17, 15) is 0 Å². The predicted molar refractivity (Wildman–Crippen MR) is 65.4 cm³/mol. The normalized spacial score (nSPS) is 5.33. The monoisotopic (exact) mass is 486 g/mol. The quantitative estimate of drug-likeness (QED) is 0.173. The van der Waals surface area contributed by atoms with E-state index in [1.165, 1.54) is 0 Å². The molecule has 0 spiro atoms. The SMILES string of the molecule is O=C([O-])O.O=C([O-])O.O=C([O-])O.O=C([O-])O.O=C([O-])O.O=C([O-])O.[Ca+2].[Ca+2].[Ca+2]. The van der Waals surface area contributed by atoms with E-state index in [1.807, 2.05) is 0 Å². The third-order valence-corrected chi connectivity index (χ3v) is 0. The third kappa shape index (κ3) is 38500. The first-order valence-electron chi connectivity index (χ1n) is 3.79. The smallest absolute Gasteiger partial charge is 0.565 e. The van der Waals surface area contributed by atoms with Crippen LogP contribution in [0.25, 0.3) is 0 Å². The van der Waals surface area contributed by atoms with Crippen LogP contribution in [0.4, 0.5) is 28.8 Å². The molecule has 0 aromatic rings. The van der Waals surface area contributed by atoms with Gasteiger partial charge in [0, 0.05) is 0 Å². The summed E-state index contributed by atoms with van der Waals surface area (Å²) < 4.78 is 0. The molecule has 0 radical (unpaired) electrons. The fourth-order valence-electron chi connectivity index (χ4n) is 0. The van der Waals surface area contributed by atoms with Gasteiger partial charge in [0.2, 0.25) is 36.9 Å². The van der Waals surface area contributed by atoms with Crippen LogP contribution in [0.5, 0.6) is 0 Å². The standard InChI is InChI=1S/6CH2O3.3Ca/c6*2-1(3)4;;;/h6*(H2,2,3,4);;;/q;;;;;;3*+2/p-6. The first-order chi connectivity index (χ1) is 10.4. The van der Waals surface area contributed by atoms with Gasteiger partial charge in [0.15, 0.2) is 0 Å². The molecule has 0 fully saturated rings. The van der Waals surface area contributed by atoms with Gasteiger partial charge in [-0.3, -0.25) is 0 Å². The second kappa shape index (κ2) is 49.9. The van der Waals surface area contributed by atoms with Crippen molar-refractivity contribution in [3.8, 4) is 0 Å². The van der Waals surface area contributed by atoms with Gasteiger partial charge >= 0.3 is 113 Å². The molecule has 21 heteroatoms. The van der Waals surface area contributed by atoms with E-state index in [1.54, 1.807) is 0 Å². The molecular formula is C6H6Ca3O18. The summed E-state index contributed by atoms with van der Waals surface area (Å²) in [5, 5.41) is 91.8. The van der Waals surface area contributed by atoms with Gasteiger partial charge in [-0.25, -0.2) is 0 Å². The average molecular weight is 486 g/mol. The summed E-state index contributed by atoms with van der Waals surface area (Å²) >= 11 is 0. The fraction of sp³-hybridized carbons (Fsp3) is 0. The van der Waals surface area contributed by atoms with Gasteiger partial charge in [0.25, 0.3) is 0 Å². The Bertz CT molecular complexity index is 264. The number of hydrogen-bond acceptors (Lipinski definition) is 12.